The number of aliphatic hydroxyl groups is 1. The van der Waals surface area contributed by atoms with Gasteiger partial charge in [0.2, 0.25) is 0 Å². The Balaban J connectivity index is 1.42. The summed E-state index contributed by atoms with van der Waals surface area (Å²) in [7, 11) is 1.91. The van der Waals surface area contributed by atoms with Crippen molar-refractivity contribution in [3.63, 3.8) is 0 Å². The van der Waals surface area contributed by atoms with E-state index in [0.29, 0.717) is 12.1 Å². The fraction of sp³-hybridized carbons (Fsp3) is 0.296. The Labute approximate surface area is 193 Å². The molecule has 1 amide bonds. The highest BCUT2D eigenvalue weighted by molar-refractivity contribution is 5.96. The lowest BCUT2D eigenvalue weighted by Gasteiger charge is -2.28. The van der Waals surface area contributed by atoms with E-state index in [1.165, 1.54) is 0 Å². The summed E-state index contributed by atoms with van der Waals surface area (Å²) < 4.78 is 1.80. The van der Waals surface area contributed by atoms with Gasteiger partial charge in [0.05, 0.1) is 23.4 Å². The molecule has 6 nitrogen and oxygen atoms in total. The van der Waals surface area contributed by atoms with E-state index in [1.54, 1.807) is 4.68 Å². The Morgan fingerprint density at radius 2 is 1.88 bits per heavy atom. The molecule has 1 aliphatic rings. The van der Waals surface area contributed by atoms with Crippen molar-refractivity contribution >= 4 is 16.8 Å². The van der Waals surface area contributed by atoms with E-state index in [0.717, 1.165) is 59.0 Å². The van der Waals surface area contributed by atoms with E-state index in [1.807, 2.05) is 49.6 Å². The van der Waals surface area contributed by atoms with Gasteiger partial charge in [-0.15, -0.1) is 0 Å². The lowest BCUT2D eigenvalue weighted by molar-refractivity contribution is 0.0714. The molecule has 0 saturated heterocycles. The van der Waals surface area contributed by atoms with Crippen LogP contribution in [-0.2, 0) is 13.5 Å². The number of carbonyl (C=O) groups excluding carboxylic acids is 1. The van der Waals surface area contributed by atoms with Gasteiger partial charge in [0.25, 0.3) is 5.91 Å². The SMILES string of the molecule is Cn1ccc(-c2ccc(Cc3cc(C(=O)N[C@H]4CCCC[C@@H]4O)nc4ccccc34)cc2)n1. The number of benzene rings is 2. The van der Waals surface area contributed by atoms with Gasteiger partial charge in [-0.05, 0) is 48.6 Å². The number of rotatable bonds is 5. The van der Waals surface area contributed by atoms with Gasteiger partial charge in [0.1, 0.15) is 5.69 Å². The van der Waals surface area contributed by atoms with E-state index in [-0.39, 0.29) is 11.9 Å². The van der Waals surface area contributed by atoms with Crippen molar-refractivity contribution in [1.82, 2.24) is 20.1 Å². The molecular weight excluding hydrogens is 412 g/mol. The summed E-state index contributed by atoms with van der Waals surface area (Å²) in [5.74, 6) is -0.224. The zero-order valence-electron chi connectivity index (χ0n) is 18.7. The van der Waals surface area contributed by atoms with Crippen molar-refractivity contribution in [2.75, 3.05) is 0 Å². The number of aliphatic hydroxyl groups excluding tert-OH is 1. The number of aryl methyl sites for hydroxylation is 1. The van der Waals surface area contributed by atoms with Crippen LogP contribution in [0.5, 0.6) is 0 Å². The van der Waals surface area contributed by atoms with Crippen LogP contribution in [0.25, 0.3) is 22.2 Å². The lowest BCUT2D eigenvalue weighted by atomic mass is 9.92. The molecule has 6 heteroatoms. The number of hydrogen-bond donors (Lipinski definition) is 2. The Morgan fingerprint density at radius 1 is 1.09 bits per heavy atom. The second kappa shape index (κ2) is 9.16. The molecular formula is C27H28N4O2. The van der Waals surface area contributed by atoms with Gasteiger partial charge in [-0.25, -0.2) is 4.98 Å². The molecule has 33 heavy (non-hydrogen) atoms. The fourth-order valence-corrected chi connectivity index (χ4v) is 4.61. The number of nitrogens with one attached hydrogen (secondary N) is 1. The van der Waals surface area contributed by atoms with Crippen molar-refractivity contribution < 1.29 is 9.90 Å². The van der Waals surface area contributed by atoms with Gasteiger partial charge in [-0.1, -0.05) is 55.3 Å². The topological polar surface area (TPSA) is 80.0 Å². The van der Waals surface area contributed by atoms with Crippen LogP contribution < -0.4 is 5.32 Å². The highest BCUT2D eigenvalue weighted by Crippen LogP contribution is 2.24. The summed E-state index contributed by atoms with van der Waals surface area (Å²) in [6, 6.07) is 20.0. The number of amides is 1. The van der Waals surface area contributed by atoms with Crippen LogP contribution in [0.3, 0.4) is 0 Å². The summed E-state index contributed by atoms with van der Waals surface area (Å²) in [5, 5.41) is 18.8. The molecule has 2 aromatic carbocycles. The molecule has 2 aromatic heterocycles. The monoisotopic (exact) mass is 440 g/mol. The second-order valence-electron chi connectivity index (χ2n) is 8.86. The van der Waals surface area contributed by atoms with Gasteiger partial charge in [0.15, 0.2) is 0 Å². The molecule has 2 heterocycles. The third-order valence-corrected chi connectivity index (χ3v) is 6.44. The van der Waals surface area contributed by atoms with Crippen LogP contribution in [0.4, 0.5) is 0 Å². The number of para-hydroxylation sites is 1. The van der Waals surface area contributed by atoms with Crippen molar-refractivity contribution in [3.8, 4) is 11.3 Å². The van der Waals surface area contributed by atoms with E-state index in [4.69, 9.17) is 0 Å². The van der Waals surface area contributed by atoms with E-state index in [2.05, 4.69) is 39.7 Å². The van der Waals surface area contributed by atoms with Crippen LogP contribution in [-0.4, -0.2) is 37.9 Å². The van der Waals surface area contributed by atoms with E-state index >= 15 is 0 Å². The molecule has 4 aromatic rings. The molecule has 1 fully saturated rings. The van der Waals surface area contributed by atoms with Crippen LogP contribution in [0.2, 0.25) is 0 Å². The maximum absolute atomic E-state index is 13.0. The molecule has 0 radical (unpaired) electrons. The fourth-order valence-electron chi connectivity index (χ4n) is 4.61. The predicted octanol–water partition coefficient (Wildman–Crippen LogP) is 4.26. The molecule has 1 saturated carbocycles. The van der Waals surface area contributed by atoms with Gasteiger partial charge in [-0.3, -0.25) is 9.48 Å². The smallest absolute Gasteiger partial charge is 0.270 e. The molecule has 5 rings (SSSR count). The van der Waals surface area contributed by atoms with Crippen LogP contribution in [0.15, 0.2) is 66.9 Å². The molecule has 2 atom stereocenters. The second-order valence-corrected chi connectivity index (χ2v) is 8.86. The Hall–Kier alpha value is -3.51. The van der Waals surface area contributed by atoms with Crippen molar-refractivity contribution in [3.05, 3.63) is 83.7 Å². The Morgan fingerprint density at radius 3 is 2.64 bits per heavy atom. The number of fused-ring (bicyclic) bond motifs is 1. The molecule has 0 unspecified atom stereocenters. The molecule has 1 aliphatic carbocycles. The average Bonchev–Trinajstić information content (AvgIpc) is 3.27. The van der Waals surface area contributed by atoms with Crippen LogP contribution in [0, 0.1) is 0 Å². The third-order valence-electron chi connectivity index (χ3n) is 6.44. The minimum absolute atomic E-state index is 0.206. The number of carbonyl (C=O) groups is 1. The Bertz CT molecular complexity index is 1280. The van der Waals surface area contributed by atoms with Crippen LogP contribution >= 0.6 is 0 Å². The summed E-state index contributed by atoms with van der Waals surface area (Å²) in [5.41, 5.74) is 5.42. The van der Waals surface area contributed by atoms with Crippen molar-refractivity contribution in [2.45, 2.75) is 44.2 Å². The molecule has 2 N–H and O–H groups in total. The quantitative estimate of drug-likeness (QED) is 0.486. The zero-order chi connectivity index (χ0) is 22.8. The molecule has 0 aliphatic heterocycles. The first-order chi connectivity index (χ1) is 16.1. The first-order valence-electron chi connectivity index (χ1n) is 11.5. The normalized spacial score (nSPS) is 18.4. The summed E-state index contributed by atoms with van der Waals surface area (Å²) in [6.07, 6.45) is 5.70. The minimum Gasteiger partial charge on any atom is -0.391 e. The molecule has 0 spiro atoms. The summed E-state index contributed by atoms with van der Waals surface area (Å²) in [6.45, 7) is 0. The predicted molar refractivity (Wildman–Crippen MR) is 129 cm³/mol. The van der Waals surface area contributed by atoms with Crippen LogP contribution in [0.1, 0.15) is 47.3 Å². The number of pyridine rings is 1. The maximum Gasteiger partial charge on any atom is 0.270 e. The first kappa shape index (κ1) is 21.3. The van der Waals surface area contributed by atoms with Crippen molar-refractivity contribution in [2.24, 2.45) is 7.05 Å². The van der Waals surface area contributed by atoms with Gasteiger partial charge in [0, 0.05) is 24.2 Å². The zero-order valence-corrected chi connectivity index (χ0v) is 18.7. The molecule has 0 bridgehead atoms. The van der Waals surface area contributed by atoms with Gasteiger partial charge in [-0.2, -0.15) is 5.10 Å². The maximum atomic E-state index is 13.0. The van der Waals surface area contributed by atoms with E-state index < -0.39 is 6.10 Å². The summed E-state index contributed by atoms with van der Waals surface area (Å²) in [4.78, 5) is 17.6. The van der Waals surface area contributed by atoms with Gasteiger partial charge >= 0.3 is 0 Å². The third kappa shape index (κ3) is 4.66. The van der Waals surface area contributed by atoms with Crippen molar-refractivity contribution in [1.29, 1.82) is 0 Å². The summed E-state index contributed by atoms with van der Waals surface area (Å²) >= 11 is 0. The number of aromatic nitrogens is 3. The lowest BCUT2D eigenvalue weighted by Crippen LogP contribution is -2.45. The minimum atomic E-state index is -0.486. The number of hydrogen-bond acceptors (Lipinski definition) is 4. The van der Waals surface area contributed by atoms with Gasteiger partial charge < -0.3 is 10.4 Å². The Kier molecular flexibility index (Phi) is 5.92. The first-order valence-corrected chi connectivity index (χ1v) is 11.5. The van der Waals surface area contributed by atoms with E-state index in [9.17, 15) is 9.90 Å². The highest BCUT2D eigenvalue weighted by Gasteiger charge is 2.25. The average molecular weight is 441 g/mol. The standard InChI is InChI=1S/C27H28N4O2/c1-31-15-14-22(30-31)19-12-10-18(11-13-19)16-20-17-25(28-23-7-3-2-6-21(20)23)27(33)29-24-8-4-5-9-26(24)32/h2-3,6-7,10-15,17,24,26,32H,4-5,8-9,16H2,1H3,(H,29,33)/t24-,26-/m0/s1. The molecule has 168 valence electrons. The highest BCUT2D eigenvalue weighted by atomic mass is 16.3. The number of nitrogens with zero attached hydrogens (tertiary/aromatic N) is 3. The largest absolute Gasteiger partial charge is 0.391 e.